The van der Waals surface area contributed by atoms with Crippen LogP contribution in [-0.2, 0) is 15.1 Å². The summed E-state index contributed by atoms with van der Waals surface area (Å²) in [5.41, 5.74) is -0.847. The van der Waals surface area contributed by atoms with Crippen LogP contribution in [0.4, 0.5) is 19.2 Å². The second-order valence-corrected chi connectivity index (χ2v) is 4.11. The Balaban J connectivity index is 2.06. The zero-order valence-electron chi connectivity index (χ0n) is 10.3. The minimum absolute atomic E-state index is 0.136. The van der Waals surface area contributed by atoms with E-state index in [9.17, 15) is 13.2 Å². The molecule has 19 heavy (non-hydrogen) atoms. The molecule has 1 aliphatic rings. The van der Waals surface area contributed by atoms with Gasteiger partial charge in [-0.05, 0) is 6.92 Å². The number of rotatable bonds is 5. The molecular weight excluding hydrogens is 267 g/mol. The van der Waals surface area contributed by atoms with E-state index in [1.54, 1.807) is 6.92 Å². The van der Waals surface area contributed by atoms with Gasteiger partial charge in [-0.2, -0.15) is 13.2 Å². The molecule has 0 bridgehead atoms. The van der Waals surface area contributed by atoms with Gasteiger partial charge >= 0.3 is 12.2 Å². The summed E-state index contributed by atoms with van der Waals surface area (Å²) in [6.45, 7) is 1.72. The molecule has 1 N–H and O–H groups in total. The lowest BCUT2D eigenvalue weighted by molar-refractivity contribution is -0.115. The van der Waals surface area contributed by atoms with E-state index in [-0.39, 0.29) is 18.5 Å². The smallest absolute Gasteiger partial charge is 0.405 e. The van der Waals surface area contributed by atoms with Gasteiger partial charge in [0.2, 0.25) is 0 Å². The molecule has 1 atom stereocenters. The second-order valence-electron chi connectivity index (χ2n) is 4.11. The number of nitrogens with one attached hydrogen (secondary N) is 1. The first-order valence-electron chi connectivity index (χ1n) is 5.81. The summed E-state index contributed by atoms with van der Waals surface area (Å²) < 4.78 is 52.1. The number of alkyl halides is 3. The zero-order valence-corrected chi connectivity index (χ0v) is 10.3. The Morgan fingerprint density at radius 2 is 2.21 bits per heavy atom. The van der Waals surface area contributed by atoms with Crippen molar-refractivity contribution in [2.75, 3.05) is 31.7 Å². The Labute approximate surface area is 107 Å². The van der Waals surface area contributed by atoms with Crippen LogP contribution in [0.25, 0.3) is 0 Å². The van der Waals surface area contributed by atoms with Crippen molar-refractivity contribution in [1.29, 1.82) is 0 Å². The number of anilines is 1. The molecule has 1 unspecified atom stereocenters. The predicted molar refractivity (Wildman–Crippen MR) is 57.6 cm³/mol. The number of aromatic nitrogens is 2. The van der Waals surface area contributed by atoms with Gasteiger partial charge in [0.15, 0.2) is 5.60 Å². The molecule has 108 valence electrons. The van der Waals surface area contributed by atoms with Crippen LogP contribution in [0, 0.1) is 0 Å². The first-order valence-corrected chi connectivity index (χ1v) is 5.81. The topological polar surface area (TPSA) is 69.4 Å². The van der Waals surface area contributed by atoms with Crippen molar-refractivity contribution in [2.45, 2.75) is 25.1 Å². The molecule has 0 spiro atoms. The van der Waals surface area contributed by atoms with E-state index in [0.29, 0.717) is 19.6 Å². The summed E-state index contributed by atoms with van der Waals surface area (Å²) in [5.74, 6) is 0.136. The molecule has 0 aliphatic carbocycles. The quantitative estimate of drug-likeness (QED) is 0.885. The van der Waals surface area contributed by atoms with Crippen LogP contribution >= 0.6 is 0 Å². The van der Waals surface area contributed by atoms with Crippen LogP contribution in [0.3, 0.4) is 0 Å². The molecule has 1 aromatic rings. The number of hydrogen-bond donors (Lipinski definition) is 1. The Hall–Kier alpha value is -1.35. The third kappa shape index (κ3) is 3.35. The first-order chi connectivity index (χ1) is 8.95. The molecule has 1 saturated heterocycles. The maximum absolute atomic E-state index is 12.0. The van der Waals surface area contributed by atoms with Crippen LogP contribution in [0.15, 0.2) is 4.42 Å². The largest absolute Gasteiger partial charge is 0.405 e. The van der Waals surface area contributed by atoms with Crippen molar-refractivity contribution < 1.29 is 27.1 Å². The SMILES string of the molecule is CCOC1(c2nnc(NCC(F)(F)F)o2)CCOC1. The number of halogens is 3. The average Bonchev–Trinajstić information content (AvgIpc) is 2.94. The number of hydrogen-bond acceptors (Lipinski definition) is 6. The van der Waals surface area contributed by atoms with E-state index >= 15 is 0 Å². The fourth-order valence-corrected chi connectivity index (χ4v) is 1.82. The van der Waals surface area contributed by atoms with E-state index in [1.807, 2.05) is 5.32 Å². The molecule has 9 heteroatoms. The van der Waals surface area contributed by atoms with E-state index in [0.717, 1.165) is 0 Å². The summed E-state index contributed by atoms with van der Waals surface area (Å²) in [4.78, 5) is 0. The molecule has 2 rings (SSSR count). The molecule has 1 fully saturated rings. The molecule has 0 saturated carbocycles. The lowest BCUT2D eigenvalue weighted by atomic mass is 10.0. The standard InChI is InChI=1S/C10H14F3N3O3/c1-2-18-9(3-4-17-6-9)7-15-16-8(19-7)14-5-10(11,12)13/h2-6H2,1H3,(H,14,16). The predicted octanol–water partition coefficient (Wildman–Crippen LogP) is 1.70. The lowest BCUT2D eigenvalue weighted by Gasteiger charge is -2.22. The van der Waals surface area contributed by atoms with Gasteiger partial charge in [-0.25, -0.2) is 0 Å². The van der Waals surface area contributed by atoms with E-state index in [1.165, 1.54) is 0 Å². The molecule has 0 radical (unpaired) electrons. The monoisotopic (exact) mass is 281 g/mol. The summed E-state index contributed by atoms with van der Waals surface area (Å²) in [7, 11) is 0. The second kappa shape index (κ2) is 5.33. The Kier molecular flexibility index (Phi) is 3.95. The molecule has 0 aromatic carbocycles. The number of ether oxygens (including phenoxy) is 2. The van der Waals surface area contributed by atoms with Crippen LogP contribution < -0.4 is 5.32 Å². The minimum atomic E-state index is -4.34. The van der Waals surface area contributed by atoms with Crippen LogP contribution in [-0.4, -0.2) is 42.7 Å². The van der Waals surface area contributed by atoms with Gasteiger partial charge in [-0.1, -0.05) is 5.10 Å². The first kappa shape index (κ1) is 14.1. The van der Waals surface area contributed by atoms with Gasteiger partial charge in [0.1, 0.15) is 6.54 Å². The maximum Gasteiger partial charge on any atom is 0.405 e. The Morgan fingerprint density at radius 1 is 1.42 bits per heavy atom. The average molecular weight is 281 g/mol. The Bertz CT molecular complexity index is 416. The van der Waals surface area contributed by atoms with Gasteiger partial charge in [-0.15, -0.1) is 5.10 Å². The molecule has 1 aromatic heterocycles. The van der Waals surface area contributed by atoms with Crippen molar-refractivity contribution in [1.82, 2.24) is 10.2 Å². The summed E-state index contributed by atoms with van der Waals surface area (Å²) in [6.07, 6.45) is -3.82. The van der Waals surface area contributed by atoms with Crippen molar-refractivity contribution >= 4 is 6.01 Å². The number of nitrogens with zero attached hydrogens (tertiary/aromatic N) is 2. The van der Waals surface area contributed by atoms with Gasteiger partial charge in [0.05, 0.1) is 13.2 Å². The zero-order chi connectivity index (χ0) is 13.9. The van der Waals surface area contributed by atoms with E-state index < -0.39 is 18.3 Å². The van der Waals surface area contributed by atoms with Gasteiger partial charge in [0.25, 0.3) is 5.89 Å². The van der Waals surface area contributed by atoms with Gasteiger partial charge in [-0.3, -0.25) is 0 Å². The van der Waals surface area contributed by atoms with Crippen molar-refractivity contribution in [3.8, 4) is 0 Å². The maximum atomic E-state index is 12.0. The van der Waals surface area contributed by atoms with E-state index in [2.05, 4.69) is 10.2 Å². The molecule has 6 nitrogen and oxygen atoms in total. The minimum Gasteiger partial charge on any atom is -0.405 e. The highest BCUT2D eigenvalue weighted by atomic mass is 19.4. The lowest BCUT2D eigenvalue weighted by Crippen LogP contribution is -2.30. The summed E-state index contributed by atoms with van der Waals surface area (Å²) in [6, 6.07) is -0.279. The molecule has 0 amide bonds. The fourth-order valence-electron chi connectivity index (χ4n) is 1.82. The highest BCUT2D eigenvalue weighted by molar-refractivity contribution is 5.19. The van der Waals surface area contributed by atoms with E-state index in [4.69, 9.17) is 13.9 Å². The fraction of sp³-hybridized carbons (Fsp3) is 0.800. The Morgan fingerprint density at radius 3 is 2.79 bits per heavy atom. The van der Waals surface area contributed by atoms with Crippen LogP contribution in [0.1, 0.15) is 19.2 Å². The third-order valence-electron chi connectivity index (χ3n) is 2.66. The normalized spacial score (nSPS) is 23.8. The van der Waals surface area contributed by atoms with Crippen LogP contribution in [0.2, 0.25) is 0 Å². The van der Waals surface area contributed by atoms with Crippen molar-refractivity contribution in [3.05, 3.63) is 5.89 Å². The van der Waals surface area contributed by atoms with Crippen molar-refractivity contribution in [3.63, 3.8) is 0 Å². The highest BCUT2D eigenvalue weighted by Gasteiger charge is 2.43. The molecule has 2 heterocycles. The van der Waals surface area contributed by atoms with Gasteiger partial charge < -0.3 is 19.2 Å². The van der Waals surface area contributed by atoms with Crippen LogP contribution in [0.5, 0.6) is 0 Å². The van der Waals surface area contributed by atoms with Crippen molar-refractivity contribution in [2.24, 2.45) is 0 Å². The summed E-state index contributed by atoms with van der Waals surface area (Å²) in [5, 5.41) is 9.29. The molecular formula is C10H14F3N3O3. The highest BCUT2D eigenvalue weighted by Crippen LogP contribution is 2.34. The van der Waals surface area contributed by atoms with Gasteiger partial charge in [0, 0.05) is 13.0 Å². The third-order valence-corrected chi connectivity index (χ3v) is 2.66. The summed E-state index contributed by atoms with van der Waals surface area (Å²) >= 11 is 0. The molecule has 1 aliphatic heterocycles.